The van der Waals surface area contributed by atoms with Crippen molar-refractivity contribution in [2.45, 2.75) is 94.5 Å². The van der Waals surface area contributed by atoms with Gasteiger partial charge in [-0.15, -0.1) is 0 Å². The van der Waals surface area contributed by atoms with E-state index < -0.39 is 17.0 Å². The van der Waals surface area contributed by atoms with Crippen LogP contribution in [0.4, 0.5) is 0 Å². The third kappa shape index (κ3) is 6.06. The van der Waals surface area contributed by atoms with E-state index in [9.17, 15) is 19.5 Å². The number of rotatable bonds is 4. The molecule has 0 bridgehead atoms. The zero-order chi connectivity index (χ0) is 21.5. The molecule has 2 saturated carbocycles. The van der Waals surface area contributed by atoms with Crippen LogP contribution in [0.5, 0.6) is 0 Å². The molecule has 0 saturated heterocycles. The summed E-state index contributed by atoms with van der Waals surface area (Å²) in [6.45, 7) is 0.140. The molecule has 1 atom stereocenters. The molecular weight excluding hydrogens is 384 g/mol. The highest BCUT2D eigenvalue weighted by atomic mass is 16.5. The molecule has 0 aromatic heterocycles. The molecule has 7 heteroatoms. The van der Waals surface area contributed by atoms with Crippen molar-refractivity contribution in [3.05, 3.63) is 12.2 Å². The Balaban J connectivity index is 1.69. The highest BCUT2D eigenvalue weighted by Gasteiger charge is 2.39. The van der Waals surface area contributed by atoms with Crippen molar-refractivity contribution in [3.8, 4) is 0 Å². The highest BCUT2D eigenvalue weighted by molar-refractivity contribution is 5.86. The fourth-order valence-corrected chi connectivity index (χ4v) is 4.98. The van der Waals surface area contributed by atoms with Gasteiger partial charge >= 0.3 is 5.97 Å². The first-order valence-electron chi connectivity index (χ1n) is 11.5. The summed E-state index contributed by atoms with van der Waals surface area (Å²) in [4.78, 5) is 37.9. The molecule has 0 radical (unpaired) electrons. The van der Waals surface area contributed by atoms with Crippen molar-refractivity contribution in [2.75, 3.05) is 13.2 Å². The van der Waals surface area contributed by atoms with E-state index in [0.717, 1.165) is 57.8 Å². The molecule has 0 aromatic carbocycles. The van der Waals surface area contributed by atoms with Gasteiger partial charge in [-0.25, -0.2) is 0 Å². The van der Waals surface area contributed by atoms with Crippen molar-refractivity contribution in [1.29, 1.82) is 0 Å². The van der Waals surface area contributed by atoms with E-state index in [1.165, 1.54) is 0 Å². The average Bonchev–Trinajstić information content (AvgIpc) is 3.38. The summed E-state index contributed by atoms with van der Waals surface area (Å²) in [5.41, 5.74) is -1.05. The van der Waals surface area contributed by atoms with Gasteiger partial charge in [0.1, 0.15) is 6.61 Å². The van der Waals surface area contributed by atoms with Gasteiger partial charge in [0.15, 0.2) is 0 Å². The maximum absolute atomic E-state index is 13.2. The maximum Gasteiger partial charge on any atom is 0.305 e. The maximum atomic E-state index is 13.2. The molecule has 7 nitrogen and oxygen atoms in total. The van der Waals surface area contributed by atoms with Gasteiger partial charge in [0.25, 0.3) is 0 Å². The second-order valence-electron chi connectivity index (χ2n) is 9.33. The van der Waals surface area contributed by atoms with Gasteiger partial charge in [-0.2, -0.15) is 0 Å². The molecule has 0 aromatic rings. The summed E-state index contributed by atoms with van der Waals surface area (Å²) < 4.78 is 5.49. The number of aliphatic hydroxyl groups is 1. The predicted molar refractivity (Wildman–Crippen MR) is 112 cm³/mol. The van der Waals surface area contributed by atoms with Gasteiger partial charge in [0.05, 0.1) is 23.6 Å². The lowest BCUT2D eigenvalue weighted by Crippen LogP contribution is -2.53. The Labute approximate surface area is 179 Å². The van der Waals surface area contributed by atoms with Crippen LogP contribution in [0.25, 0.3) is 0 Å². The Morgan fingerprint density at radius 2 is 1.80 bits per heavy atom. The lowest BCUT2D eigenvalue weighted by Gasteiger charge is -2.32. The molecule has 30 heavy (non-hydrogen) atoms. The minimum atomic E-state index is -0.534. The summed E-state index contributed by atoms with van der Waals surface area (Å²) in [5.74, 6) is -1.04. The van der Waals surface area contributed by atoms with Crippen molar-refractivity contribution in [3.63, 3.8) is 0 Å². The van der Waals surface area contributed by atoms with E-state index >= 15 is 0 Å². The Morgan fingerprint density at radius 3 is 2.50 bits per heavy atom. The molecule has 2 fully saturated rings. The third-order valence-corrected chi connectivity index (χ3v) is 6.87. The van der Waals surface area contributed by atoms with E-state index in [0.29, 0.717) is 19.3 Å². The number of carbonyl (C=O) groups is 3. The second-order valence-corrected chi connectivity index (χ2v) is 9.33. The molecule has 2 aliphatic carbocycles. The van der Waals surface area contributed by atoms with Crippen molar-refractivity contribution >= 4 is 17.8 Å². The number of amides is 2. The predicted octanol–water partition coefficient (Wildman–Crippen LogP) is 2.52. The molecule has 168 valence electrons. The number of hydrogen-bond acceptors (Lipinski definition) is 5. The first-order chi connectivity index (χ1) is 14.5. The minimum absolute atomic E-state index is 0.0655. The molecule has 1 aliphatic heterocycles. The zero-order valence-corrected chi connectivity index (χ0v) is 17.9. The molecule has 3 N–H and O–H groups in total. The van der Waals surface area contributed by atoms with Gasteiger partial charge in [0.2, 0.25) is 11.8 Å². The molecule has 1 heterocycles. The first-order valence-corrected chi connectivity index (χ1v) is 11.5. The van der Waals surface area contributed by atoms with Crippen LogP contribution in [0.1, 0.15) is 83.5 Å². The van der Waals surface area contributed by atoms with Crippen molar-refractivity contribution in [1.82, 2.24) is 10.6 Å². The quantitative estimate of drug-likeness (QED) is 0.479. The topological polar surface area (TPSA) is 105 Å². The van der Waals surface area contributed by atoms with E-state index in [2.05, 4.69) is 10.6 Å². The number of carbonyl (C=O) groups excluding carboxylic acids is 3. The Bertz CT molecular complexity index is 648. The molecule has 0 unspecified atom stereocenters. The van der Waals surface area contributed by atoms with Crippen LogP contribution in [0.2, 0.25) is 0 Å². The number of aliphatic hydroxyl groups excluding tert-OH is 1. The summed E-state index contributed by atoms with van der Waals surface area (Å²) in [6, 6.07) is 0. The molecule has 3 rings (SSSR count). The van der Waals surface area contributed by atoms with Gasteiger partial charge in [-0.1, -0.05) is 37.8 Å². The van der Waals surface area contributed by atoms with Crippen molar-refractivity contribution < 1.29 is 24.2 Å². The normalized spacial score (nSPS) is 26.9. The number of esters is 1. The summed E-state index contributed by atoms with van der Waals surface area (Å²) >= 11 is 0. The van der Waals surface area contributed by atoms with Crippen LogP contribution >= 0.6 is 0 Å². The van der Waals surface area contributed by atoms with E-state index in [1.807, 2.05) is 12.2 Å². The lowest BCUT2D eigenvalue weighted by atomic mass is 9.93. The third-order valence-electron chi connectivity index (χ3n) is 6.87. The number of allylic oxidation sites excluding steroid dienone is 2. The summed E-state index contributed by atoms with van der Waals surface area (Å²) in [6.07, 6.45) is 13.4. The van der Waals surface area contributed by atoms with Crippen molar-refractivity contribution in [2.24, 2.45) is 5.92 Å². The van der Waals surface area contributed by atoms with E-state index in [1.54, 1.807) is 0 Å². The van der Waals surface area contributed by atoms with E-state index in [-0.39, 0.29) is 37.4 Å². The van der Waals surface area contributed by atoms with Crippen LogP contribution in [0.15, 0.2) is 12.2 Å². The molecule has 3 aliphatic rings. The second kappa shape index (κ2) is 10.4. The SMILES string of the molecule is O=C(C[C@H]1CC=CCCCC(=O)OCC2(CCCC2)NC1=O)NC1(CO)CCCC1. The fraction of sp³-hybridized carbons (Fsp3) is 0.783. The standard InChI is InChI=1S/C23H36N2O5/c26-16-22(11-5-6-12-22)24-19(27)15-18-9-3-1-2-4-10-20(28)30-17-23(25-21(18)29)13-7-8-14-23/h1,3,18,26H,2,4-17H2,(H,24,27)(H,25,29)/t18-/m1/s1. The van der Waals surface area contributed by atoms with Crippen LogP contribution in [-0.2, 0) is 19.1 Å². The van der Waals surface area contributed by atoms with Crippen LogP contribution in [0.3, 0.4) is 0 Å². The summed E-state index contributed by atoms with van der Waals surface area (Å²) in [7, 11) is 0. The Kier molecular flexibility index (Phi) is 7.92. The monoisotopic (exact) mass is 420 g/mol. The van der Waals surface area contributed by atoms with Gasteiger partial charge in [-0.05, 0) is 44.9 Å². The average molecular weight is 421 g/mol. The summed E-state index contributed by atoms with van der Waals surface area (Å²) in [5, 5.41) is 15.9. The zero-order valence-electron chi connectivity index (χ0n) is 17.9. The lowest BCUT2D eigenvalue weighted by molar-refractivity contribution is -0.147. The van der Waals surface area contributed by atoms with Crippen LogP contribution in [-0.4, -0.2) is 47.2 Å². The van der Waals surface area contributed by atoms with Gasteiger partial charge < -0.3 is 20.5 Å². The molecule has 2 amide bonds. The minimum Gasteiger partial charge on any atom is -0.463 e. The van der Waals surface area contributed by atoms with E-state index in [4.69, 9.17) is 4.74 Å². The van der Waals surface area contributed by atoms with Gasteiger partial charge in [0, 0.05) is 12.8 Å². The largest absolute Gasteiger partial charge is 0.463 e. The Morgan fingerprint density at radius 1 is 1.10 bits per heavy atom. The number of ether oxygens (including phenoxy) is 1. The fourth-order valence-electron chi connectivity index (χ4n) is 4.98. The smallest absolute Gasteiger partial charge is 0.305 e. The number of cyclic esters (lactones) is 1. The number of hydrogen-bond donors (Lipinski definition) is 3. The van der Waals surface area contributed by atoms with Crippen LogP contribution in [0, 0.1) is 5.92 Å². The Hall–Kier alpha value is -1.89. The highest BCUT2D eigenvalue weighted by Crippen LogP contribution is 2.32. The van der Waals surface area contributed by atoms with Gasteiger partial charge in [-0.3, -0.25) is 14.4 Å². The first kappa shape index (κ1) is 22.8. The number of nitrogens with one attached hydrogen (secondary N) is 2. The molecular formula is C23H36N2O5. The molecule has 1 spiro atoms. The van der Waals surface area contributed by atoms with Crippen LogP contribution < -0.4 is 10.6 Å².